The molecule has 0 spiro atoms. The van der Waals surface area contributed by atoms with Crippen molar-refractivity contribution in [3.63, 3.8) is 0 Å². The van der Waals surface area contributed by atoms with Gasteiger partial charge in [0, 0.05) is 25.4 Å². The maximum absolute atomic E-state index is 8.95. The molecule has 0 heterocycles. The van der Waals surface area contributed by atoms with Crippen LogP contribution in [-0.2, 0) is 0 Å². The summed E-state index contributed by atoms with van der Waals surface area (Å²) in [6.07, 6.45) is 0.187. The first kappa shape index (κ1) is 13.2. The molecular formula is C8H19NO3S. The normalized spacial score (nSPS) is 13.2. The summed E-state index contributed by atoms with van der Waals surface area (Å²) in [7, 11) is 0. The fourth-order valence-electron chi connectivity index (χ4n) is 0.746. The Morgan fingerprint density at radius 1 is 1.23 bits per heavy atom. The van der Waals surface area contributed by atoms with Crippen LogP contribution in [0.25, 0.3) is 0 Å². The molecule has 0 saturated carbocycles. The quantitative estimate of drug-likeness (QED) is 0.368. The predicted molar refractivity (Wildman–Crippen MR) is 55.0 cm³/mol. The Hall–Kier alpha value is 0.190. The van der Waals surface area contributed by atoms with E-state index in [4.69, 9.17) is 15.3 Å². The van der Waals surface area contributed by atoms with Gasteiger partial charge < -0.3 is 20.6 Å². The molecule has 0 aromatic heterocycles. The van der Waals surface area contributed by atoms with Crippen LogP contribution in [0.15, 0.2) is 0 Å². The number of hydrogen-bond donors (Lipinski definition) is 4. The number of aliphatic hydroxyl groups excluding tert-OH is 3. The molecule has 0 radical (unpaired) electrons. The number of hydrogen-bond acceptors (Lipinski definition) is 5. The standard InChI is InChI=1S/C8H19NO3S/c10-3-1-4-13-5-2-9-6-8(12)7-11/h8-12H,1-7H2. The van der Waals surface area contributed by atoms with E-state index in [2.05, 4.69) is 5.32 Å². The van der Waals surface area contributed by atoms with E-state index in [0.29, 0.717) is 6.54 Å². The molecule has 4 nitrogen and oxygen atoms in total. The Morgan fingerprint density at radius 2 is 2.00 bits per heavy atom. The highest BCUT2D eigenvalue weighted by atomic mass is 32.2. The Balaban J connectivity index is 2.91. The van der Waals surface area contributed by atoms with Crippen LogP contribution in [0, 0.1) is 0 Å². The van der Waals surface area contributed by atoms with Gasteiger partial charge in [-0.25, -0.2) is 0 Å². The fraction of sp³-hybridized carbons (Fsp3) is 1.00. The Bertz CT molecular complexity index is 105. The van der Waals surface area contributed by atoms with Crippen LogP contribution in [0.5, 0.6) is 0 Å². The van der Waals surface area contributed by atoms with E-state index in [0.717, 1.165) is 24.5 Å². The monoisotopic (exact) mass is 209 g/mol. The Labute approximate surface area is 83.3 Å². The summed E-state index contributed by atoms with van der Waals surface area (Å²) in [6, 6.07) is 0. The minimum atomic E-state index is -0.651. The van der Waals surface area contributed by atoms with Gasteiger partial charge in [0.05, 0.1) is 12.7 Å². The van der Waals surface area contributed by atoms with Crippen molar-refractivity contribution < 1.29 is 15.3 Å². The molecule has 13 heavy (non-hydrogen) atoms. The second-order valence-electron chi connectivity index (χ2n) is 2.73. The first-order valence-electron chi connectivity index (χ1n) is 4.49. The van der Waals surface area contributed by atoms with E-state index in [9.17, 15) is 0 Å². The van der Waals surface area contributed by atoms with Gasteiger partial charge in [-0.2, -0.15) is 11.8 Å². The smallest absolute Gasteiger partial charge is 0.0894 e. The average Bonchev–Trinajstić information content (AvgIpc) is 2.16. The average molecular weight is 209 g/mol. The van der Waals surface area contributed by atoms with Gasteiger partial charge >= 0.3 is 0 Å². The van der Waals surface area contributed by atoms with E-state index in [1.165, 1.54) is 0 Å². The lowest BCUT2D eigenvalue weighted by atomic mass is 10.4. The third kappa shape index (κ3) is 10.1. The van der Waals surface area contributed by atoms with Crippen molar-refractivity contribution in [2.24, 2.45) is 0 Å². The maximum Gasteiger partial charge on any atom is 0.0894 e. The van der Waals surface area contributed by atoms with Crippen LogP contribution in [0.2, 0.25) is 0 Å². The van der Waals surface area contributed by atoms with E-state index < -0.39 is 6.10 Å². The van der Waals surface area contributed by atoms with Crippen LogP contribution < -0.4 is 5.32 Å². The summed E-state index contributed by atoms with van der Waals surface area (Å²) in [4.78, 5) is 0. The highest BCUT2D eigenvalue weighted by molar-refractivity contribution is 7.99. The predicted octanol–water partition coefficient (Wildman–Crippen LogP) is -0.955. The minimum Gasteiger partial charge on any atom is -0.396 e. The van der Waals surface area contributed by atoms with Crippen LogP contribution in [0.1, 0.15) is 6.42 Å². The minimum absolute atomic E-state index is 0.190. The first-order valence-corrected chi connectivity index (χ1v) is 5.65. The molecule has 1 unspecified atom stereocenters. The highest BCUT2D eigenvalue weighted by Gasteiger charge is 1.99. The molecule has 0 bridgehead atoms. The van der Waals surface area contributed by atoms with Crippen molar-refractivity contribution in [2.45, 2.75) is 12.5 Å². The van der Waals surface area contributed by atoms with Crippen LogP contribution >= 0.6 is 11.8 Å². The molecule has 0 fully saturated rings. The van der Waals surface area contributed by atoms with Gasteiger partial charge in [0.15, 0.2) is 0 Å². The third-order valence-corrected chi connectivity index (χ3v) is 2.53. The van der Waals surface area contributed by atoms with E-state index in [-0.39, 0.29) is 13.2 Å². The fourth-order valence-corrected chi connectivity index (χ4v) is 1.57. The third-order valence-electron chi connectivity index (χ3n) is 1.46. The van der Waals surface area contributed by atoms with Crippen molar-refractivity contribution in [3.8, 4) is 0 Å². The summed E-state index contributed by atoms with van der Waals surface area (Å²) >= 11 is 1.77. The molecule has 0 amide bonds. The zero-order valence-corrected chi connectivity index (χ0v) is 8.59. The molecule has 0 aliphatic carbocycles. The van der Waals surface area contributed by atoms with Gasteiger partial charge in [-0.1, -0.05) is 0 Å². The Kier molecular flexibility index (Phi) is 10.4. The molecule has 0 aliphatic rings. The zero-order chi connectivity index (χ0) is 9.94. The van der Waals surface area contributed by atoms with Gasteiger partial charge in [0.2, 0.25) is 0 Å². The molecule has 0 aromatic carbocycles. The number of thioether (sulfide) groups is 1. The van der Waals surface area contributed by atoms with Crippen molar-refractivity contribution in [1.82, 2.24) is 5.32 Å². The SMILES string of the molecule is OCCCSCCNCC(O)CO. The van der Waals surface area contributed by atoms with Crippen LogP contribution in [0.3, 0.4) is 0 Å². The second kappa shape index (κ2) is 10.3. The van der Waals surface area contributed by atoms with Gasteiger partial charge in [-0.15, -0.1) is 0 Å². The number of aliphatic hydroxyl groups is 3. The Morgan fingerprint density at radius 3 is 2.62 bits per heavy atom. The number of nitrogens with one attached hydrogen (secondary N) is 1. The lowest BCUT2D eigenvalue weighted by molar-refractivity contribution is 0.0950. The lowest BCUT2D eigenvalue weighted by Gasteiger charge is -2.08. The summed E-state index contributed by atoms with van der Waals surface area (Å²) in [5.41, 5.74) is 0. The molecule has 4 N–H and O–H groups in total. The molecule has 80 valence electrons. The molecule has 1 atom stereocenters. The van der Waals surface area contributed by atoms with Gasteiger partial charge in [-0.05, 0) is 12.2 Å². The first-order chi connectivity index (χ1) is 6.31. The van der Waals surface area contributed by atoms with Crippen molar-refractivity contribution >= 4 is 11.8 Å². The molecule has 0 rings (SSSR count). The van der Waals surface area contributed by atoms with E-state index in [1.807, 2.05) is 0 Å². The summed E-state index contributed by atoms with van der Waals surface area (Å²) in [6.45, 7) is 1.33. The van der Waals surface area contributed by atoms with Gasteiger partial charge in [0.25, 0.3) is 0 Å². The molecule has 0 saturated heterocycles. The summed E-state index contributed by atoms with van der Waals surface area (Å²) in [5, 5.41) is 28.9. The summed E-state index contributed by atoms with van der Waals surface area (Å²) < 4.78 is 0. The van der Waals surface area contributed by atoms with Crippen LogP contribution in [0.4, 0.5) is 0 Å². The summed E-state index contributed by atoms with van der Waals surface area (Å²) in [5.74, 6) is 1.94. The van der Waals surface area contributed by atoms with E-state index >= 15 is 0 Å². The molecular weight excluding hydrogens is 190 g/mol. The van der Waals surface area contributed by atoms with Crippen molar-refractivity contribution in [3.05, 3.63) is 0 Å². The zero-order valence-electron chi connectivity index (χ0n) is 7.78. The topological polar surface area (TPSA) is 72.7 Å². The van der Waals surface area contributed by atoms with Gasteiger partial charge in [-0.3, -0.25) is 0 Å². The second-order valence-corrected chi connectivity index (χ2v) is 3.95. The largest absolute Gasteiger partial charge is 0.396 e. The van der Waals surface area contributed by atoms with Crippen molar-refractivity contribution in [2.75, 3.05) is 37.8 Å². The lowest BCUT2D eigenvalue weighted by Crippen LogP contribution is -2.30. The number of rotatable bonds is 9. The van der Waals surface area contributed by atoms with E-state index in [1.54, 1.807) is 11.8 Å². The van der Waals surface area contributed by atoms with Gasteiger partial charge in [0.1, 0.15) is 0 Å². The maximum atomic E-state index is 8.95. The van der Waals surface area contributed by atoms with Crippen molar-refractivity contribution in [1.29, 1.82) is 0 Å². The molecule has 0 aliphatic heterocycles. The highest BCUT2D eigenvalue weighted by Crippen LogP contribution is 1.99. The molecule has 5 heteroatoms. The van der Waals surface area contributed by atoms with Crippen LogP contribution in [-0.4, -0.2) is 59.2 Å². The molecule has 0 aromatic rings.